The first-order chi connectivity index (χ1) is 8.65. The van der Waals surface area contributed by atoms with Crippen molar-refractivity contribution in [1.29, 1.82) is 0 Å². The molecule has 1 aliphatic rings. The lowest BCUT2D eigenvalue weighted by atomic mass is 10.2. The Labute approximate surface area is 120 Å². The molecule has 0 unspecified atom stereocenters. The molecule has 0 spiro atoms. The third-order valence-corrected chi connectivity index (χ3v) is 4.27. The Morgan fingerprint density at radius 3 is 3.00 bits per heavy atom. The van der Waals surface area contributed by atoms with Crippen LogP contribution < -0.4 is 0 Å². The maximum Gasteiger partial charge on any atom is 0.359 e. The first-order valence-electron chi connectivity index (χ1n) is 6.18. The fourth-order valence-corrected chi connectivity index (χ4v) is 2.60. The third-order valence-electron chi connectivity index (χ3n) is 2.97. The predicted octanol–water partition coefficient (Wildman–Crippen LogP) is 2.67. The number of hydrogen-bond donors (Lipinski definition) is 0. The fourth-order valence-electron chi connectivity index (χ4n) is 2.03. The van der Waals surface area contributed by atoms with Gasteiger partial charge in [-0.25, -0.2) is 9.48 Å². The lowest BCUT2D eigenvalue weighted by molar-refractivity contribution is -0.0409. The summed E-state index contributed by atoms with van der Waals surface area (Å²) in [5.41, 5.74) is 1.36. The zero-order valence-electron chi connectivity index (χ0n) is 10.6. The van der Waals surface area contributed by atoms with E-state index in [0.29, 0.717) is 12.3 Å². The topological polar surface area (TPSA) is 53.3 Å². The van der Waals surface area contributed by atoms with Crippen LogP contribution in [0.5, 0.6) is 0 Å². The van der Waals surface area contributed by atoms with Crippen LogP contribution in [0, 0.1) is 10.5 Å². The van der Waals surface area contributed by atoms with Gasteiger partial charge in [0.05, 0.1) is 15.9 Å². The molecular formula is C12H17IN2O3. The molecule has 0 amide bonds. The van der Waals surface area contributed by atoms with Gasteiger partial charge < -0.3 is 9.47 Å². The minimum absolute atomic E-state index is 0.0459. The van der Waals surface area contributed by atoms with Gasteiger partial charge in [-0.3, -0.25) is 0 Å². The molecule has 0 radical (unpaired) electrons. The maximum atomic E-state index is 11.8. The quantitative estimate of drug-likeness (QED) is 0.611. The number of rotatable bonds is 3. The molecule has 0 bridgehead atoms. The summed E-state index contributed by atoms with van der Waals surface area (Å²) in [4.78, 5) is 11.8. The average Bonchev–Trinajstić information content (AvgIpc) is 2.68. The predicted molar refractivity (Wildman–Crippen MR) is 74.5 cm³/mol. The number of ether oxygens (including phenoxy) is 2. The van der Waals surface area contributed by atoms with Crippen molar-refractivity contribution in [3.05, 3.63) is 15.0 Å². The van der Waals surface area contributed by atoms with E-state index < -0.39 is 0 Å². The monoisotopic (exact) mass is 364 g/mol. The Morgan fingerprint density at radius 2 is 2.39 bits per heavy atom. The van der Waals surface area contributed by atoms with E-state index in [1.54, 1.807) is 6.92 Å². The van der Waals surface area contributed by atoms with Crippen LogP contribution in [0.3, 0.4) is 0 Å². The van der Waals surface area contributed by atoms with Gasteiger partial charge >= 0.3 is 5.97 Å². The highest BCUT2D eigenvalue weighted by atomic mass is 127. The first-order valence-corrected chi connectivity index (χ1v) is 7.26. The first kappa shape index (κ1) is 13.8. The molecule has 100 valence electrons. The van der Waals surface area contributed by atoms with Gasteiger partial charge in [0.15, 0.2) is 11.9 Å². The normalized spacial score (nSPS) is 19.8. The van der Waals surface area contributed by atoms with Gasteiger partial charge in [0.25, 0.3) is 0 Å². The molecule has 0 aliphatic carbocycles. The number of esters is 1. The zero-order chi connectivity index (χ0) is 13.1. The van der Waals surface area contributed by atoms with E-state index in [-0.39, 0.29) is 12.2 Å². The minimum Gasteiger partial charge on any atom is -0.461 e. The summed E-state index contributed by atoms with van der Waals surface area (Å²) in [5, 5.41) is 4.36. The molecule has 0 saturated carbocycles. The molecule has 0 aromatic carbocycles. The average molecular weight is 364 g/mol. The summed E-state index contributed by atoms with van der Waals surface area (Å²) < 4.78 is 13.4. The molecule has 1 saturated heterocycles. The highest BCUT2D eigenvalue weighted by molar-refractivity contribution is 14.1. The summed E-state index contributed by atoms with van der Waals surface area (Å²) in [5.74, 6) is -0.362. The number of halogens is 1. The molecule has 1 aliphatic heterocycles. The van der Waals surface area contributed by atoms with E-state index in [1.165, 1.54) is 0 Å². The number of carbonyl (C=O) groups is 1. The largest absolute Gasteiger partial charge is 0.461 e. The second kappa shape index (κ2) is 6.01. The SMILES string of the molecule is CCOC(=O)c1nn([C@H]2CCCCO2)c(C)c1I. The van der Waals surface area contributed by atoms with Crippen LogP contribution in [0.4, 0.5) is 0 Å². The van der Waals surface area contributed by atoms with E-state index in [2.05, 4.69) is 27.7 Å². The van der Waals surface area contributed by atoms with Crippen LogP contribution in [0.15, 0.2) is 0 Å². The summed E-state index contributed by atoms with van der Waals surface area (Å²) in [7, 11) is 0. The summed E-state index contributed by atoms with van der Waals surface area (Å²) in [6.45, 7) is 4.87. The van der Waals surface area contributed by atoms with Crippen molar-refractivity contribution in [1.82, 2.24) is 9.78 Å². The van der Waals surface area contributed by atoms with Crippen LogP contribution in [-0.2, 0) is 9.47 Å². The third kappa shape index (κ3) is 2.69. The molecule has 0 N–H and O–H groups in total. The van der Waals surface area contributed by atoms with Crippen molar-refractivity contribution in [3.8, 4) is 0 Å². The summed E-state index contributed by atoms with van der Waals surface area (Å²) >= 11 is 2.14. The van der Waals surface area contributed by atoms with Crippen LogP contribution in [-0.4, -0.2) is 29.0 Å². The van der Waals surface area contributed by atoms with Crippen LogP contribution >= 0.6 is 22.6 Å². The lowest BCUT2D eigenvalue weighted by Gasteiger charge is -2.23. The van der Waals surface area contributed by atoms with Crippen LogP contribution in [0.2, 0.25) is 0 Å². The number of hydrogen-bond acceptors (Lipinski definition) is 4. The Bertz CT molecular complexity index is 439. The fraction of sp³-hybridized carbons (Fsp3) is 0.667. The zero-order valence-corrected chi connectivity index (χ0v) is 12.8. The van der Waals surface area contributed by atoms with Crippen molar-refractivity contribution in [2.24, 2.45) is 0 Å². The molecule has 1 atom stereocenters. The van der Waals surface area contributed by atoms with E-state index in [1.807, 2.05) is 11.6 Å². The van der Waals surface area contributed by atoms with Gasteiger partial charge in [0.1, 0.15) is 0 Å². The van der Waals surface area contributed by atoms with E-state index in [0.717, 1.165) is 35.1 Å². The summed E-state index contributed by atoms with van der Waals surface area (Å²) in [6.07, 6.45) is 3.13. The van der Waals surface area contributed by atoms with Gasteiger partial charge in [-0.05, 0) is 55.7 Å². The smallest absolute Gasteiger partial charge is 0.359 e. The Kier molecular flexibility index (Phi) is 4.60. The molecule has 2 rings (SSSR count). The highest BCUT2D eigenvalue weighted by Gasteiger charge is 2.25. The molecule has 1 aromatic rings. The van der Waals surface area contributed by atoms with Crippen molar-refractivity contribution < 1.29 is 14.3 Å². The van der Waals surface area contributed by atoms with Crippen LogP contribution in [0.1, 0.15) is 48.6 Å². The standard InChI is InChI=1S/C12H17IN2O3/c1-3-17-12(16)11-10(13)8(2)15(14-11)9-6-4-5-7-18-9/h9H,3-7H2,1-2H3/t9-/m1/s1. The molecule has 6 heteroatoms. The van der Waals surface area contributed by atoms with Crippen molar-refractivity contribution in [3.63, 3.8) is 0 Å². The molecule has 2 heterocycles. The lowest BCUT2D eigenvalue weighted by Crippen LogP contribution is -2.20. The second-order valence-electron chi connectivity index (χ2n) is 4.23. The molecule has 1 aromatic heterocycles. The van der Waals surface area contributed by atoms with Crippen molar-refractivity contribution in [2.75, 3.05) is 13.2 Å². The van der Waals surface area contributed by atoms with Gasteiger partial charge in [0.2, 0.25) is 0 Å². The molecular weight excluding hydrogens is 347 g/mol. The van der Waals surface area contributed by atoms with Crippen molar-refractivity contribution in [2.45, 2.75) is 39.3 Å². The van der Waals surface area contributed by atoms with Crippen LogP contribution in [0.25, 0.3) is 0 Å². The Morgan fingerprint density at radius 1 is 1.61 bits per heavy atom. The van der Waals surface area contributed by atoms with E-state index in [9.17, 15) is 4.79 Å². The number of carbonyl (C=O) groups excluding carboxylic acids is 1. The number of aromatic nitrogens is 2. The Hall–Kier alpha value is -0.630. The Balaban J connectivity index is 2.26. The highest BCUT2D eigenvalue weighted by Crippen LogP contribution is 2.26. The van der Waals surface area contributed by atoms with Crippen molar-refractivity contribution >= 4 is 28.6 Å². The molecule has 18 heavy (non-hydrogen) atoms. The second-order valence-corrected chi connectivity index (χ2v) is 5.31. The minimum atomic E-state index is -0.362. The number of nitrogens with zero attached hydrogens (tertiary/aromatic N) is 2. The van der Waals surface area contributed by atoms with Gasteiger partial charge in [-0.15, -0.1) is 0 Å². The van der Waals surface area contributed by atoms with E-state index in [4.69, 9.17) is 9.47 Å². The maximum absolute atomic E-state index is 11.8. The van der Waals surface area contributed by atoms with E-state index >= 15 is 0 Å². The van der Waals surface area contributed by atoms with Gasteiger partial charge in [-0.1, -0.05) is 0 Å². The van der Waals surface area contributed by atoms with Gasteiger partial charge in [0, 0.05) is 6.61 Å². The molecule has 5 nitrogen and oxygen atoms in total. The van der Waals surface area contributed by atoms with Gasteiger partial charge in [-0.2, -0.15) is 5.10 Å². The molecule has 1 fully saturated rings. The summed E-state index contributed by atoms with van der Waals surface area (Å²) in [6, 6.07) is 0.